The Morgan fingerprint density at radius 1 is 1.50 bits per heavy atom. The monoisotopic (exact) mass is 132 g/mol. The zero-order valence-corrected chi connectivity index (χ0v) is 6.30. The summed E-state index contributed by atoms with van der Waals surface area (Å²) in [7, 11) is 0. The molecule has 2 aliphatic carbocycles. The molecule has 52 valence electrons. The molecule has 0 nitrogen and oxygen atoms in total. The maximum atomic E-state index is 2.36. The average molecular weight is 132 g/mol. The van der Waals surface area contributed by atoms with Crippen LogP contribution in [0, 0.1) is 5.92 Å². The minimum Gasteiger partial charge on any atom is -0.0844 e. The van der Waals surface area contributed by atoms with Crippen LogP contribution >= 0.6 is 0 Å². The van der Waals surface area contributed by atoms with E-state index in [0.717, 1.165) is 0 Å². The minimum atomic E-state index is 0.675. The summed E-state index contributed by atoms with van der Waals surface area (Å²) in [4.78, 5) is 0. The molecule has 0 spiro atoms. The van der Waals surface area contributed by atoms with E-state index in [0.29, 0.717) is 5.92 Å². The predicted octanol–water partition coefficient (Wildman–Crippen LogP) is 2.84. The number of rotatable bonds is 0. The summed E-state index contributed by atoms with van der Waals surface area (Å²) in [6, 6.07) is 0. The first-order valence-corrected chi connectivity index (χ1v) is 3.92. The molecule has 0 aliphatic heterocycles. The Bertz CT molecular complexity index is 228. The van der Waals surface area contributed by atoms with E-state index >= 15 is 0 Å². The van der Waals surface area contributed by atoms with Gasteiger partial charge >= 0.3 is 0 Å². The van der Waals surface area contributed by atoms with E-state index < -0.39 is 0 Å². The maximum Gasteiger partial charge on any atom is 0.0190 e. The molecule has 0 heteroatoms. The van der Waals surface area contributed by atoms with E-state index in [1.54, 1.807) is 5.57 Å². The van der Waals surface area contributed by atoms with Crippen LogP contribution in [0.2, 0.25) is 0 Å². The molecule has 0 aromatic carbocycles. The average Bonchev–Trinajstić information content (AvgIpc) is 2.36. The van der Waals surface area contributed by atoms with Crippen molar-refractivity contribution in [3.8, 4) is 0 Å². The molecule has 1 unspecified atom stereocenters. The van der Waals surface area contributed by atoms with E-state index in [2.05, 4.69) is 31.2 Å². The lowest BCUT2D eigenvalue weighted by Crippen LogP contribution is -2.04. The van der Waals surface area contributed by atoms with Crippen molar-refractivity contribution in [1.82, 2.24) is 0 Å². The van der Waals surface area contributed by atoms with Gasteiger partial charge in [0.25, 0.3) is 0 Å². The first-order chi connectivity index (χ1) is 4.88. The largest absolute Gasteiger partial charge is 0.0844 e. The van der Waals surface area contributed by atoms with E-state index in [1.807, 2.05) is 0 Å². The van der Waals surface area contributed by atoms with E-state index in [9.17, 15) is 0 Å². The summed E-state index contributed by atoms with van der Waals surface area (Å²) in [6.07, 6.45) is 11.6. The van der Waals surface area contributed by atoms with E-state index in [1.165, 1.54) is 18.4 Å². The SMILES string of the molecule is CC1=CCCC2=CC=CC12. The van der Waals surface area contributed by atoms with Crippen molar-refractivity contribution in [2.45, 2.75) is 19.8 Å². The van der Waals surface area contributed by atoms with Crippen LogP contribution < -0.4 is 0 Å². The van der Waals surface area contributed by atoms with Crippen molar-refractivity contribution in [1.29, 1.82) is 0 Å². The van der Waals surface area contributed by atoms with Gasteiger partial charge < -0.3 is 0 Å². The highest BCUT2D eigenvalue weighted by atomic mass is 14.2. The molecule has 0 bridgehead atoms. The highest BCUT2D eigenvalue weighted by Crippen LogP contribution is 2.33. The Morgan fingerprint density at radius 2 is 2.40 bits per heavy atom. The zero-order chi connectivity index (χ0) is 6.97. The van der Waals surface area contributed by atoms with Gasteiger partial charge in [0.15, 0.2) is 0 Å². The fourth-order valence-corrected chi connectivity index (χ4v) is 1.79. The van der Waals surface area contributed by atoms with Gasteiger partial charge in [0.2, 0.25) is 0 Å². The number of hydrogen-bond acceptors (Lipinski definition) is 0. The van der Waals surface area contributed by atoms with Gasteiger partial charge in [-0.3, -0.25) is 0 Å². The molecule has 0 saturated heterocycles. The van der Waals surface area contributed by atoms with Crippen LogP contribution in [0.25, 0.3) is 0 Å². The first-order valence-electron chi connectivity index (χ1n) is 3.92. The molecule has 0 amide bonds. The molecule has 0 aromatic heterocycles. The fourth-order valence-electron chi connectivity index (χ4n) is 1.79. The van der Waals surface area contributed by atoms with Crippen LogP contribution in [0.4, 0.5) is 0 Å². The molecule has 10 heavy (non-hydrogen) atoms. The van der Waals surface area contributed by atoms with Crippen LogP contribution in [0.1, 0.15) is 19.8 Å². The number of hydrogen-bond donors (Lipinski definition) is 0. The summed E-state index contributed by atoms with van der Waals surface area (Å²) in [5.41, 5.74) is 3.14. The second-order valence-corrected chi connectivity index (χ2v) is 3.09. The van der Waals surface area contributed by atoms with Gasteiger partial charge in [-0.2, -0.15) is 0 Å². The molecule has 0 N–H and O–H groups in total. The second-order valence-electron chi connectivity index (χ2n) is 3.09. The number of allylic oxidation sites excluding steroid dienone is 6. The summed E-state index contributed by atoms with van der Waals surface area (Å²) < 4.78 is 0. The summed E-state index contributed by atoms with van der Waals surface area (Å²) >= 11 is 0. The lowest BCUT2D eigenvalue weighted by Gasteiger charge is -2.18. The van der Waals surface area contributed by atoms with Gasteiger partial charge in [-0.15, -0.1) is 0 Å². The Hall–Kier alpha value is -0.780. The Labute approximate surface area is 61.9 Å². The van der Waals surface area contributed by atoms with E-state index in [-0.39, 0.29) is 0 Å². The van der Waals surface area contributed by atoms with Crippen LogP contribution in [0.3, 0.4) is 0 Å². The Balaban J connectivity index is 2.35. The van der Waals surface area contributed by atoms with Crippen molar-refractivity contribution in [3.63, 3.8) is 0 Å². The van der Waals surface area contributed by atoms with Crippen molar-refractivity contribution >= 4 is 0 Å². The quantitative estimate of drug-likeness (QED) is 0.444. The van der Waals surface area contributed by atoms with Gasteiger partial charge in [-0.05, 0) is 19.8 Å². The third-order valence-electron chi connectivity index (χ3n) is 2.40. The Kier molecular flexibility index (Phi) is 1.26. The van der Waals surface area contributed by atoms with Gasteiger partial charge in [-0.1, -0.05) is 35.5 Å². The summed E-state index contributed by atoms with van der Waals surface area (Å²) in [6.45, 7) is 2.23. The molecule has 2 aliphatic rings. The molecule has 0 heterocycles. The maximum absolute atomic E-state index is 2.36. The van der Waals surface area contributed by atoms with Gasteiger partial charge in [0, 0.05) is 5.92 Å². The Morgan fingerprint density at radius 3 is 3.20 bits per heavy atom. The zero-order valence-electron chi connectivity index (χ0n) is 6.30. The normalized spacial score (nSPS) is 29.5. The lowest BCUT2D eigenvalue weighted by molar-refractivity contribution is 0.768. The summed E-state index contributed by atoms with van der Waals surface area (Å²) in [5, 5.41) is 0. The van der Waals surface area contributed by atoms with E-state index in [4.69, 9.17) is 0 Å². The van der Waals surface area contributed by atoms with Crippen molar-refractivity contribution in [2.75, 3.05) is 0 Å². The van der Waals surface area contributed by atoms with Crippen molar-refractivity contribution in [3.05, 3.63) is 35.5 Å². The van der Waals surface area contributed by atoms with Crippen molar-refractivity contribution < 1.29 is 0 Å². The molecule has 2 rings (SSSR count). The third kappa shape index (κ3) is 0.756. The topological polar surface area (TPSA) is 0 Å². The van der Waals surface area contributed by atoms with Crippen LogP contribution in [0.5, 0.6) is 0 Å². The standard InChI is InChI=1S/C10H12/c1-8-4-2-5-9-6-3-7-10(8)9/h3-4,6-7,10H,2,5H2,1H3. The van der Waals surface area contributed by atoms with Gasteiger partial charge in [0.1, 0.15) is 0 Å². The molecule has 0 saturated carbocycles. The molecule has 0 radical (unpaired) electrons. The second kappa shape index (κ2) is 2.12. The predicted molar refractivity (Wildman–Crippen MR) is 43.7 cm³/mol. The number of fused-ring (bicyclic) bond motifs is 1. The van der Waals surface area contributed by atoms with Crippen molar-refractivity contribution in [2.24, 2.45) is 5.92 Å². The van der Waals surface area contributed by atoms with Crippen LogP contribution in [-0.2, 0) is 0 Å². The van der Waals surface area contributed by atoms with Crippen LogP contribution in [-0.4, -0.2) is 0 Å². The minimum absolute atomic E-state index is 0.675. The molecular weight excluding hydrogens is 120 g/mol. The molecule has 0 aromatic rings. The van der Waals surface area contributed by atoms with Gasteiger partial charge in [-0.25, -0.2) is 0 Å². The molecule has 1 atom stereocenters. The highest BCUT2D eigenvalue weighted by molar-refractivity contribution is 5.37. The lowest BCUT2D eigenvalue weighted by atomic mass is 9.86. The van der Waals surface area contributed by atoms with Crippen LogP contribution in [0.15, 0.2) is 35.5 Å². The van der Waals surface area contributed by atoms with Gasteiger partial charge in [0.05, 0.1) is 0 Å². The molecule has 0 fully saturated rings. The first kappa shape index (κ1) is 5.96. The molecular formula is C10H12. The smallest absolute Gasteiger partial charge is 0.0190 e. The fraction of sp³-hybridized carbons (Fsp3) is 0.400. The summed E-state index contributed by atoms with van der Waals surface area (Å²) in [5.74, 6) is 0.675. The highest BCUT2D eigenvalue weighted by Gasteiger charge is 2.18. The third-order valence-corrected chi connectivity index (χ3v) is 2.40.